The van der Waals surface area contributed by atoms with Gasteiger partial charge in [0.15, 0.2) is 6.29 Å². The van der Waals surface area contributed by atoms with Crippen LogP contribution in [0.1, 0.15) is 26.7 Å². The molecule has 2 atom stereocenters. The Hall–Kier alpha value is -0.0500. The second-order valence-electron chi connectivity index (χ2n) is 4.70. The molecule has 0 aromatic rings. The Morgan fingerprint density at radius 2 is 1.76 bits per heavy atom. The van der Waals surface area contributed by atoms with E-state index in [4.69, 9.17) is 18.5 Å². The van der Waals surface area contributed by atoms with Crippen LogP contribution in [0.4, 0.5) is 0 Å². The van der Waals surface area contributed by atoms with Gasteiger partial charge in [-0.3, -0.25) is 4.57 Å². The Kier molecular flexibility index (Phi) is 7.73. The minimum Gasteiger partial charge on any atom is -0.393 e. The minimum absolute atomic E-state index is 0.0394. The summed E-state index contributed by atoms with van der Waals surface area (Å²) in [5.41, 5.74) is 0. The van der Waals surface area contributed by atoms with Gasteiger partial charge in [-0.15, -0.1) is 0 Å². The molecule has 126 valence electrons. The van der Waals surface area contributed by atoms with Crippen molar-refractivity contribution in [1.82, 2.24) is 0 Å². The third-order valence-electron chi connectivity index (χ3n) is 3.21. The summed E-state index contributed by atoms with van der Waals surface area (Å²) in [5, 5.41) is 26.6. The van der Waals surface area contributed by atoms with Crippen molar-refractivity contribution in [1.29, 1.82) is 0 Å². The van der Waals surface area contributed by atoms with Crippen molar-refractivity contribution in [2.75, 3.05) is 33.0 Å². The number of aliphatic hydroxyl groups is 3. The van der Waals surface area contributed by atoms with Crippen molar-refractivity contribution < 1.29 is 38.4 Å². The van der Waals surface area contributed by atoms with Gasteiger partial charge in [0.05, 0.1) is 39.1 Å². The van der Waals surface area contributed by atoms with Crippen molar-refractivity contribution in [3.63, 3.8) is 0 Å². The molecule has 0 radical (unpaired) electrons. The molecule has 0 amide bonds. The molecular formula is C12H25O8P. The fourth-order valence-corrected chi connectivity index (χ4v) is 3.87. The largest absolute Gasteiger partial charge is 0.393 e. The zero-order valence-electron chi connectivity index (χ0n) is 12.4. The summed E-state index contributed by atoms with van der Waals surface area (Å²) in [6.45, 7) is 1.93. The summed E-state index contributed by atoms with van der Waals surface area (Å²) < 4.78 is 33.7. The summed E-state index contributed by atoms with van der Waals surface area (Å²) in [5.74, 6) is 0. The summed E-state index contributed by atoms with van der Waals surface area (Å²) in [4.78, 5) is 0. The first kappa shape index (κ1) is 19.0. The number of hydrogen-bond acceptors (Lipinski definition) is 8. The Morgan fingerprint density at radius 3 is 2.14 bits per heavy atom. The quantitative estimate of drug-likeness (QED) is 0.495. The van der Waals surface area contributed by atoms with E-state index in [0.717, 1.165) is 0 Å². The monoisotopic (exact) mass is 328 g/mol. The molecule has 8 nitrogen and oxygen atoms in total. The molecule has 1 rings (SSSR count). The van der Waals surface area contributed by atoms with Crippen molar-refractivity contribution in [3.05, 3.63) is 0 Å². The van der Waals surface area contributed by atoms with Crippen LogP contribution >= 0.6 is 7.60 Å². The number of hydrogen-bond donors (Lipinski definition) is 3. The molecule has 9 heteroatoms. The van der Waals surface area contributed by atoms with E-state index >= 15 is 0 Å². The third-order valence-corrected chi connectivity index (χ3v) is 5.82. The topological polar surface area (TPSA) is 115 Å². The number of ether oxygens (including phenoxy) is 2. The fraction of sp³-hybridized carbons (Fsp3) is 1.00. The van der Waals surface area contributed by atoms with Crippen molar-refractivity contribution in [3.8, 4) is 0 Å². The zero-order valence-corrected chi connectivity index (χ0v) is 13.3. The van der Waals surface area contributed by atoms with E-state index < -0.39 is 38.5 Å². The Balaban J connectivity index is 2.81. The third kappa shape index (κ3) is 4.46. The van der Waals surface area contributed by atoms with Gasteiger partial charge < -0.3 is 33.8 Å². The standard InChI is InChI=1S/C12H25O8P/c1-3-18-21(16,19-4-2)12(8-13,9-14)17-7-10-5-6-11(15)20-10/h10-11,13-15H,3-9H2,1-2H3/t10-,11+/m0/s1. The van der Waals surface area contributed by atoms with Gasteiger partial charge in [-0.25, -0.2) is 0 Å². The van der Waals surface area contributed by atoms with Gasteiger partial charge in [-0.2, -0.15) is 0 Å². The molecule has 1 heterocycles. The van der Waals surface area contributed by atoms with E-state index in [2.05, 4.69) is 0 Å². The lowest BCUT2D eigenvalue weighted by molar-refractivity contribution is -0.137. The van der Waals surface area contributed by atoms with E-state index in [1.807, 2.05) is 0 Å². The first-order valence-electron chi connectivity index (χ1n) is 7.05. The first-order chi connectivity index (χ1) is 9.96. The molecule has 3 N–H and O–H groups in total. The van der Waals surface area contributed by atoms with Gasteiger partial charge in [0.2, 0.25) is 5.34 Å². The Bertz CT molecular complexity index is 336. The summed E-state index contributed by atoms with van der Waals surface area (Å²) in [6.07, 6.45) is -0.189. The van der Waals surface area contributed by atoms with Crippen LogP contribution in [0.15, 0.2) is 0 Å². The summed E-state index contributed by atoms with van der Waals surface area (Å²) in [6, 6.07) is 0. The Morgan fingerprint density at radius 1 is 1.19 bits per heavy atom. The molecule has 0 aromatic heterocycles. The van der Waals surface area contributed by atoms with Crippen LogP contribution in [0.25, 0.3) is 0 Å². The Labute approximate surface area is 124 Å². The maximum Gasteiger partial charge on any atom is 0.367 e. The highest BCUT2D eigenvalue weighted by Gasteiger charge is 2.52. The van der Waals surface area contributed by atoms with Gasteiger partial charge in [-0.1, -0.05) is 0 Å². The lowest BCUT2D eigenvalue weighted by Gasteiger charge is -2.36. The van der Waals surface area contributed by atoms with Crippen LogP contribution in [0.2, 0.25) is 0 Å². The molecule has 21 heavy (non-hydrogen) atoms. The summed E-state index contributed by atoms with van der Waals surface area (Å²) >= 11 is 0. The SMILES string of the molecule is CCOP(=O)(OCC)C(CO)(CO)OC[C@@H]1CC[C@H](O)O1. The van der Waals surface area contributed by atoms with E-state index in [9.17, 15) is 19.9 Å². The van der Waals surface area contributed by atoms with Gasteiger partial charge in [-0.05, 0) is 20.3 Å². The van der Waals surface area contributed by atoms with Gasteiger partial charge in [0, 0.05) is 6.42 Å². The van der Waals surface area contributed by atoms with Crippen LogP contribution in [0.5, 0.6) is 0 Å². The highest BCUT2D eigenvalue weighted by atomic mass is 31.2. The number of rotatable bonds is 10. The molecule has 0 spiro atoms. The maximum atomic E-state index is 12.8. The molecule has 0 bridgehead atoms. The lowest BCUT2D eigenvalue weighted by atomic mass is 10.2. The van der Waals surface area contributed by atoms with Crippen LogP contribution < -0.4 is 0 Å². The molecule has 0 saturated carbocycles. The molecule has 1 fully saturated rings. The minimum atomic E-state index is -3.87. The molecule has 1 aliphatic rings. The molecule has 0 aromatic carbocycles. The lowest BCUT2D eigenvalue weighted by Crippen LogP contribution is -2.43. The van der Waals surface area contributed by atoms with Crippen LogP contribution in [-0.2, 0) is 23.1 Å². The molecule has 0 aliphatic carbocycles. The zero-order chi connectivity index (χ0) is 15.9. The van der Waals surface area contributed by atoms with Gasteiger partial charge >= 0.3 is 7.60 Å². The normalized spacial score (nSPS) is 23.7. The van der Waals surface area contributed by atoms with Crippen molar-refractivity contribution in [2.24, 2.45) is 0 Å². The van der Waals surface area contributed by atoms with E-state index in [0.29, 0.717) is 12.8 Å². The highest BCUT2D eigenvalue weighted by molar-refractivity contribution is 7.55. The van der Waals surface area contributed by atoms with E-state index in [1.165, 1.54) is 0 Å². The maximum absolute atomic E-state index is 12.8. The average molecular weight is 328 g/mol. The smallest absolute Gasteiger partial charge is 0.367 e. The van der Waals surface area contributed by atoms with E-state index in [-0.39, 0.29) is 19.8 Å². The van der Waals surface area contributed by atoms with Crippen LogP contribution in [0.3, 0.4) is 0 Å². The van der Waals surface area contributed by atoms with Crippen LogP contribution in [0, 0.1) is 0 Å². The molecule has 0 unspecified atom stereocenters. The average Bonchev–Trinajstić information content (AvgIpc) is 2.86. The van der Waals surface area contributed by atoms with Crippen LogP contribution in [-0.4, -0.2) is 66.1 Å². The first-order valence-corrected chi connectivity index (χ1v) is 8.59. The molecule has 1 saturated heterocycles. The second-order valence-corrected chi connectivity index (χ2v) is 7.02. The predicted molar refractivity (Wildman–Crippen MR) is 73.8 cm³/mol. The molecule has 1 aliphatic heterocycles. The van der Waals surface area contributed by atoms with E-state index in [1.54, 1.807) is 13.8 Å². The highest BCUT2D eigenvalue weighted by Crippen LogP contribution is 2.60. The summed E-state index contributed by atoms with van der Waals surface area (Å²) in [7, 11) is -3.87. The predicted octanol–water partition coefficient (Wildman–Crippen LogP) is 0.447. The molecular weight excluding hydrogens is 303 g/mol. The number of aliphatic hydroxyl groups excluding tert-OH is 3. The fourth-order valence-electron chi connectivity index (χ4n) is 2.06. The van der Waals surface area contributed by atoms with Crippen molar-refractivity contribution >= 4 is 7.60 Å². The van der Waals surface area contributed by atoms with Crippen molar-refractivity contribution in [2.45, 2.75) is 44.4 Å². The van der Waals surface area contributed by atoms with Gasteiger partial charge in [0.1, 0.15) is 0 Å². The van der Waals surface area contributed by atoms with Gasteiger partial charge in [0.25, 0.3) is 0 Å². The second kappa shape index (κ2) is 8.55.